The van der Waals surface area contributed by atoms with E-state index in [0.29, 0.717) is 0 Å². The molecule has 2 aromatic carbocycles. The van der Waals surface area contributed by atoms with Gasteiger partial charge in [-0.3, -0.25) is 4.79 Å². The van der Waals surface area contributed by atoms with E-state index in [2.05, 4.69) is 10.6 Å². The second-order valence-corrected chi connectivity index (χ2v) is 8.67. The van der Waals surface area contributed by atoms with Crippen LogP contribution in [0.4, 0.5) is 4.79 Å². The van der Waals surface area contributed by atoms with Gasteiger partial charge in [0.05, 0.1) is 6.61 Å². The molecule has 0 fully saturated rings. The molecule has 0 spiro atoms. The van der Waals surface area contributed by atoms with Gasteiger partial charge in [-0.25, -0.2) is 9.59 Å². The summed E-state index contributed by atoms with van der Waals surface area (Å²) < 4.78 is 10.5. The number of hydrogen-bond donors (Lipinski definition) is 3. The minimum Gasteiger partial charge on any atom is -0.480 e. The first-order chi connectivity index (χ1) is 15.2. The molecule has 0 saturated heterocycles. The van der Waals surface area contributed by atoms with Crippen molar-refractivity contribution in [2.45, 2.75) is 38.3 Å². The number of alkyl carbamates (subject to hydrolysis) is 1. The molecule has 1 aliphatic rings. The Bertz CT molecular complexity index is 952. The Morgan fingerprint density at radius 2 is 1.56 bits per heavy atom. The fourth-order valence-electron chi connectivity index (χ4n) is 3.68. The van der Waals surface area contributed by atoms with Crippen LogP contribution in [0.5, 0.6) is 0 Å². The standard InChI is InChI=1S/C24H28N2O6/c1-24(2,3)26-21(27)14-31-13-20(22(28)29)25-23(30)32-12-19-17-10-6-4-8-15(17)16-9-5-7-11-18(16)19/h4-11,19-20H,12-14H2,1-3H3,(H,25,30)(H,26,27)(H,28,29)/t20-/m0/s1. The van der Waals surface area contributed by atoms with Gasteiger partial charge in [0.1, 0.15) is 13.2 Å². The molecule has 1 atom stereocenters. The van der Waals surface area contributed by atoms with Crippen LogP contribution in [0.2, 0.25) is 0 Å². The Balaban J connectivity index is 1.54. The number of amides is 2. The van der Waals surface area contributed by atoms with Crippen molar-refractivity contribution in [2.24, 2.45) is 0 Å². The number of carboxylic acids is 1. The van der Waals surface area contributed by atoms with Crippen LogP contribution in [0.25, 0.3) is 11.1 Å². The van der Waals surface area contributed by atoms with Crippen molar-refractivity contribution in [1.29, 1.82) is 0 Å². The van der Waals surface area contributed by atoms with Crippen LogP contribution in [0, 0.1) is 0 Å². The van der Waals surface area contributed by atoms with E-state index in [0.717, 1.165) is 22.3 Å². The average Bonchev–Trinajstić information content (AvgIpc) is 3.04. The molecule has 2 aromatic rings. The van der Waals surface area contributed by atoms with Crippen molar-refractivity contribution in [3.63, 3.8) is 0 Å². The molecule has 0 unspecified atom stereocenters. The highest BCUT2D eigenvalue weighted by Crippen LogP contribution is 2.44. The first-order valence-corrected chi connectivity index (χ1v) is 10.4. The molecule has 1 aliphatic carbocycles. The highest BCUT2D eigenvalue weighted by atomic mass is 16.5. The third-order valence-electron chi connectivity index (χ3n) is 4.97. The van der Waals surface area contributed by atoms with Gasteiger partial charge in [0.25, 0.3) is 0 Å². The zero-order valence-electron chi connectivity index (χ0n) is 18.4. The molecule has 0 aliphatic heterocycles. The number of benzene rings is 2. The molecule has 3 rings (SSSR count). The quantitative estimate of drug-likeness (QED) is 0.582. The Kier molecular flexibility index (Phi) is 7.15. The van der Waals surface area contributed by atoms with Crippen LogP contribution in [0.3, 0.4) is 0 Å². The highest BCUT2D eigenvalue weighted by molar-refractivity contribution is 5.81. The Morgan fingerprint density at radius 3 is 2.09 bits per heavy atom. The predicted molar refractivity (Wildman–Crippen MR) is 118 cm³/mol. The van der Waals surface area contributed by atoms with Gasteiger partial charge < -0.3 is 25.2 Å². The maximum atomic E-state index is 12.3. The van der Waals surface area contributed by atoms with Gasteiger partial charge in [0.2, 0.25) is 5.91 Å². The van der Waals surface area contributed by atoms with Gasteiger partial charge in [-0.2, -0.15) is 0 Å². The van der Waals surface area contributed by atoms with E-state index in [9.17, 15) is 19.5 Å². The molecule has 2 amide bonds. The highest BCUT2D eigenvalue weighted by Gasteiger charge is 2.30. The molecule has 170 valence electrons. The van der Waals surface area contributed by atoms with E-state index in [-0.39, 0.29) is 31.6 Å². The molecule has 8 nitrogen and oxygen atoms in total. The van der Waals surface area contributed by atoms with Crippen LogP contribution in [-0.4, -0.2) is 54.5 Å². The van der Waals surface area contributed by atoms with E-state index in [1.165, 1.54) is 0 Å². The lowest BCUT2D eigenvalue weighted by Gasteiger charge is -2.21. The van der Waals surface area contributed by atoms with Gasteiger partial charge in [0.15, 0.2) is 6.04 Å². The van der Waals surface area contributed by atoms with Crippen molar-refractivity contribution in [1.82, 2.24) is 10.6 Å². The van der Waals surface area contributed by atoms with E-state index >= 15 is 0 Å². The van der Waals surface area contributed by atoms with Gasteiger partial charge in [-0.1, -0.05) is 48.5 Å². The van der Waals surface area contributed by atoms with E-state index in [4.69, 9.17) is 9.47 Å². The van der Waals surface area contributed by atoms with Crippen molar-refractivity contribution in [3.05, 3.63) is 59.7 Å². The number of carboxylic acid groups (broad SMARTS) is 1. The van der Waals surface area contributed by atoms with Crippen molar-refractivity contribution in [2.75, 3.05) is 19.8 Å². The molecule has 3 N–H and O–H groups in total. The Morgan fingerprint density at radius 1 is 1.00 bits per heavy atom. The minimum absolute atomic E-state index is 0.0705. The van der Waals surface area contributed by atoms with Crippen molar-refractivity contribution < 1.29 is 29.0 Å². The van der Waals surface area contributed by atoms with Crippen LogP contribution < -0.4 is 10.6 Å². The summed E-state index contributed by atoms with van der Waals surface area (Å²) in [6, 6.07) is 14.5. The predicted octanol–water partition coefficient (Wildman–Crippen LogP) is 2.91. The molecule has 0 saturated carbocycles. The second kappa shape index (κ2) is 9.82. The van der Waals surface area contributed by atoms with Gasteiger partial charge >= 0.3 is 12.1 Å². The van der Waals surface area contributed by atoms with Crippen LogP contribution in [-0.2, 0) is 19.1 Å². The second-order valence-electron chi connectivity index (χ2n) is 8.67. The van der Waals surface area contributed by atoms with E-state index < -0.39 is 23.6 Å². The summed E-state index contributed by atoms with van der Waals surface area (Å²) in [5.41, 5.74) is 3.89. The average molecular weight is 440 g/mol. The van der Waals surface area contributed by atoms with Crippen LogP contribution >= 0.6 is 0 Å². The fraction of sp³-hybridized carbons (Fsp3) is 0.375. The first-order valence-electron chi connectivity index (χ1n) is 10.4. The number of carbonyl (C=O) groups excluding carboxylic acids is 2. The van der Waals surface area contributed by atoms with Crippen LogP contribution in [0.1, 0.15) is 37.8 Å². The molecule has 0 heterocycles. The summed E-state index contributed by atoms with van der Waals surface area (Å²) in [6.07, 6.45) is -0.859. The van der Waals surface area contributed by atoms with Gasteiger partial charge in [0, 0.05) is 11.5 Å². The van der Waals surface area contributed by atoms with E-state index in [1.807, 2.05) is 69.3 Å². The molecule has 8 heteroatoms. The number of carbonyl (C=O) groups is 3. The Hall–Kier alpha value is -3.39. The number of aliphatic carboxylic acids is 1. The topological polar surface area (TPSA) is 114 Å². The number of rotatable bonds is 8. The lowest BCUT2D eigenvalue weighted by Crippen LogP contribution is -2.46. The first kappa shape index (κ1) is 23.3. The summed E-state index contributed by atoms with van der Waals surface area (Å²) in [6.45, 7) is 4.86. The van der Waals surface area contributed by atoms with E-state index in [1.54, 1.807) is 0 Å². The number of hydrogen-bond acceptors (Lipinski definition) is 5. The van der Waals surface area contributed by atoms with Crippen molar-refractivity contribution in [3.8, 4) is 11.1 Å². The Labute approximate surface area is 186 Å². The molecular weight excluding hydrogens is 412 g/mol. The number of ether oxygens (including phenoxy) is 2. The number of nitrogens with one attached hydrogen (secondary N) is 2. The minimum atomic E-state index is -1.34. The lowest BCUT2D eigenvalue weighted by molar-refractivity contribution is -0.142. The molecule has 0 aromatic heterocycles. The van der Waals surface area contributed by atoms with Crippen LogP contribution in [0.15, 0.2) is 48.5 Å². The van der Waals surface area contributed by atoms with Gasteiger partial charge in [-0.15, -0.1) is 0 Å². The zero-order chi connectivity index (χ0) is 23.3. The summed E-state index contributed by atoms with van der Waals surface area (Å²) >= 11 is 0. The summed E-state index contributed by atoms with van der Waals surface area (Å²) in [7, 11) is 0. The lowest BCUT2D eigenvalue weighted by atomic mass is 9.98. The summed E-state index contributed by atoms with van der Waals surface area (Å²) in [4.78, 5) is 35.6. The zero-order valence-corrected chi connectivity index (χ0v) is 18.4. The van der Waals surface area contributed by atoms with Crippen molar-refractivity contribution >= 4 is 18.0 Å². The maximum absolute atomic E-state index is 12.3. The normalized spacial score (nSPS) is 13.6. The molecule has 0 bridgehead atoms. The summed E-state index contributed by atoms with van der Waals surface area (Å²) in [5.74, 6) is -1.79. The molecule has 32 heavy (non-hydrogen) atoms. The maximum Gasteiger partial charge on any atom is 0.407 e. The smallest absolute Gasteiger partial charge is 0.407 e. The third kappa shape index (κ3) is 5.85. The number of fused-ring (bicyclic) bond motifs is 3. The molecule has 0 radical (unpaired) electrons. The fourth-order valence-corrected chi connectivity index (χ4v) is 3.68. The summed E-state index contributed by atoms with van der Waals surface area (Å²) in [5, 5.41) is 14.4. The SMILES string of the molecule is CC(C)(C)NC(=O)COC[C@H](NC(=O)OCC1c2ccccc2-c2ccccc21)C(=O)O. The largest absolute Gasteiger partial charge is 0.480 e. The molecular formula is C24H28N2O6. The van der Waals surface area contributed by atoms with Gasteiger partial charge in [-0.05, 0) is 43.0 Å². The monoisotopic (exact) mass is 440 g/mol. The third-order valence-corrected chi connectivity index (χ3v) is 4.97.